The molecule has 16 heteroatoms. The average Bonchev–Trinajstić information content (AvgIpc) is 3.66. The predicted molar refractivity (Wildman–Crippen MR) is 303 cm³/mol. The quantitative estimate of drug-likeness (QED) is 0.0410. The number of nitrogens with one attached hydrogen (secondary N) is 1. The normalized spacial score (nSPS) is 15.3. The highest BCUT2D eigenvalue weighted by atomic mass is 127. The third-order valence-electron chi connectivity index (χ3n) is 14.9. The summed E-state index contributed by atoms with van der Waals surface area (Å²) in [6.07, 6.45) is 2.48. The molecule has 0 bridgehead atoms. The number of allylic oxidation sites excluding steroid dienone is 2. The van der Waals surface area contributed by atoms with Gasteiger partial charge < -0.3 is 25.8 Å². The van der Waals surface area contributed by atoms with Crippen molar-refractivity contribution in [3.05, 3.63) is 221 Å². The highest BCUT2D eigenvalue weighted by Crippen LogP contribution is 2.46. The predicted octanol–water partition coefficient (Wildman–Crippen LogP) is 15.4. The molecule has 3 aromatic heterocycles. The molecule has 4 heterocycles. The molecule has 0 saturated heterocycles. The first kappa shape index (κ1) is 48.6. The molecule has 7 nitrogen and oxygen atoms in total. The van der Waals surface area contributed by atoms with Crippen molar-refractivity contribution in [3.63, 3.8) is 0 Å². The molecule has 3 aliphatic rings. The van der Waals surface area contributed by atoms with Crippen LogP contribution in [0.4, 0.5) is 21.8 Å². The molecular weight excluding hydrogens is 1130 g/mol. The van der Waals surface area contributed by atoms with Crippen LogP contribution in [0.15, 0.2) is 165 Å². The molecule has 1 aliphatic heterocycles. The summed E-state index contributed by atoms with van der Waals surface area (Å²) in [5, 5.41) is 3.28. The average molecular weight is 1170 g/mol. The van der Waals surface area contributed by atoms with Gasteiger partial charge in [0.05, 0.1) is 27.9 Å². The van der Waals surface area contributed by atoms with E-state index in [-0.39, 0.29) is 45.4 Å². The first-order valence-electron chi connectivity index (χ1n) is 24.8. The van der Waals surface area contributed by atoms with Crippen LogP contribution in [0.2, 0.25) is 10.0 Å². The van der Waals surface area contributed by atoms with Gasteiger partial charge in [0.1, 0.15) is 23.5 Å². The first-order valence-corrected chi connectivity index (χ1v) is 27.7. The molecule has 0 atom stereocenters. The van der Waals surface area contributed by atoms with Crippen LogP contribution >= 0.6 is 44.2 Å². The summed E-state index contributed by atoms with van der Waals surface area (Å²) in [5.41, 5.74) is 8.92. The van der Waals surface area contributed by atoms with Gasteiger partial charge in [-0.05, 0) is 155 Å². The van der Waals surface area contributed by atoms with Crippen molar-refractivity contribution in [1.29, 1.82) is 0 Å². The molecule has 2 aliphatic carbocycles. The van der Waals surface area contributed by atoms with Crippen molar-refractivity contribution in [2.45, 2.75) is 51.2 Å². The van der Waals surface area contributed by atoms with E-state index in [4.69, 9.17) is 32.4 Å². The van der Waals surface area contributed by atoms with Crippen LogP contribution in [0.3, 0.4) is 0 Å². The Kier molecular flexibility index (Phi) is 12.1. The molecule has 379 valence electrons. The van der Waals surface area contributed by atoms with Gasteiger partial charge in [0.15, 0.2) is 0 Å². The van der Waals surface area contributed by atoms with Crippen LogP contribution in [0.25, 0.3) is 71.4 Å². The number of ether oxygens (including phenoxy) is 1. The standard InChI is InChI=1S/C60H40BCl2F5IN3O4/c62-46-30-39(75-26-25-71-58(73)43-21-20-42-45-27-35(32-15-18-38(19-16-32)60(64,65)66)17-23-50(45)76-51-24-22-44(59(71)74)52(43)53(42)51)31-47(63)54(46)55(48-28-36-11-5-9-33-7-1-3-13-40(33)56(36)69-70-48)49-29-37-12-6-10-34-8-2-4-14-41(34)57(37)72(49)61(67)68/h1-4,7-8,13-24,27-31,70H,5-6,9-12,25-26H2/q-1/b55-48+. The maximum atomic E-state index is 15.9. The molecule has 7 aromatic carbocycles. The van der Waals surface area contributed by atoms with Crippen molar-refractivity contribution in [2.24, 2.45) is 0 Å². The summed E-state index contributed by atoms with van der Waals surface area (Å²) in [7, 11) is -2.90. The fourth-order valence-electron chi connectivity index (χ4n) is 11.5. The molecule has 0 amide bonds. The SMILES string of the molecule is O=c1c2ccc3oc4ccc(-c5ccc(C(F)(F)F)cc5)cc4c4ccc(c(=O)n1CCOc1cc(Cl)c(/C(=C5\C=C6CCCc7ccccc7C6=IN5)c5cc6c(n5[B-](F)F)-c5ccccc5CCC6)c(Cl)c1)c2c34. The molecule has 0 spiro atoms. The van der Waals surface area contributed by atoms with Crippen LogP contribution < -0.4 is 19.4 Å². The molecule has 0 saturated carbocycles. The molecular formula is C60H40BCl2F5IN3O4-. The minimum absolute atomic E-state index is 0.131. The maximum Gasteiger partial charge on any atom is 0.416 e. The third kappa shape index (κ3) is 8.17. The lowest BCUT2D eigenvalue weighted by atomic mass is 9.95. The zero-order chi connectivity index (χ0) is 52.1. The number of aryl methyl sites for hydroxylation is 3. The van der Waals surface area contributed by atoms with Crippen molar-refractivity contribution < 1.29 is 31.0 Å². The summed E-state index contributed by atoms with van der Waals surface area (Å²) >= 11 is 13.8. The van der Waals surface area contributed by atoms with Gasteiger partial charge in [-0.3, -0.25) is 14.2 Å². The number of rotatable bonds is 8. The molecule has 76 heavy (non-hydrogen) atoms. The smallest absolute Gasteiger partial charge is 0.416 e. The number of aromatic nitrogens is 2. The number of halogens is 8. The maximum absolute atomic E-state index is 15.9. The van der Waals surface area contributed by atoms with Crippen LogP contribution in [-0.2, 0) is 32.0 Å². The number of benzene rings is 7. The number of fused-ring (bicyclic) bond motifs is 8. The van der Waals surface area contributed by atoms with Crippen LogP contribution in [0.1, 0.15) is 58.3 Å². The Hall–Kier alpha value is -7.01. The summed E-state index contributed by atoms with van der Waals surface area (Å²) < 4.78 is 91.6. The summed E-state index contributed by atoms with van der Waals surface area (Å²) in [6.45, 7) is -0.268. The Balaban J connectivity index is 0.856. The zero-order valence-corrected chi connectivity index (χ0v) is 43.7. The molecule has 13 rings (SSSR count). The Labute approximate surface area is 451 Å². The number of hydrogen-bond donors (Lipinski definition) is 1. The number of nitrogens with zero attached hydrogens (tertiary/aromatic N) is 2. The van der Waals surface area contributed by atoms with E-state index in [1.165, 1.54) is 26.8 Å². The highest BCUT2D eigenvalue weighted by Gasteiger charge is 2.32. The minimum atomic E-state index is -4.47. The van der Waals surface area contributed by atoms with Crippen LogP contribution in [0, 0.1) is 0 Å². The summed E-state index contributed by atoms with van der Waals surface area (Å²) in [6, 6.07) is 38.3. The summed E-state index contributed by atoms with van der Waals surface area (Å²) in [4.78, 5) is 28.6. The van der Waals surface area contributed by atoms with Gasteiger partial charge in [-0.15, -0.1) is 0 Å². The van der Waals surface area contributed by atoms with E-state index in [1.807, 2.05) is 36.4 Å². The molecule has 0 fully saturated rings. The Morgan fingerprint density at radius 1 is 0.684 bits per heavy atom. The molecule has 1 N–H and O–H groups in total. The Morgan fingerprint density at radius 2 is 1.32 bits per heavy atom. The van der Waals surface area contributed by atoms with Crippen molar-refractivity contribution in [2.75, 3.05) is 6.61 Å². The van der Waals surface area contributed by atoms with Crippen LogP contribution in [-0.4, -0.2) is 26.6 Å². The lowest BCUT2D eigenvalue weighted by molar-refractivity contribution is -0.137. The van der Waals surface area contributed by atoms with Crippen molar-refractivity contribution in [3.8, 4) is 28.1 Å². The number of alkyl halides is 3. The second-order valence-electron chi connectivity index (χ2n) is 19.3. The van der Waals surface area contributed by atoms with Gasteiger partial charge in [0.2, 0.25) is 0 Å². The van der Waals surface area contributed by atoms with Gasteiger partial charge in [0, 0.05) is 74.0 Å². The van der Waals surface area contributed by atoms with Gasteiger partial charge in [-0.2, -0.15) is 13.2 Å². The summed E-state index contributed by atoms with van der Waals surface area (Å²) in [5.74, 6) is 0.248. The van der Waals surface area contributed by atoms with E-state index in [0.29, 0.717) is 72.8 Å². The van der Waals surface area contributed by atoms with E-state index < -0.39 is 51.3 Å². The topological polar surface area (TPSA) is 78.4 Å². The Morgan fingerprint density at radius 3 is 2.04 bits per heavy atom. The highest BCUT2D eigenvalue weighted by molar-refractivity contribution is 14.2. The number of pyridine rings is 1. The fourth-order valence-corrected chi connectivity index (χ4v) is 14.7. The molecule has 1 radical (unpaired) electrons. The second kappa shape index (κ2) is 18.9. The van der Waals surface area contributed by atoms with E-state index >= 15 is 8.63 Å². The van der Waals surface area contributed by atoms with Crippen LogP contribution in [0.5, 0.6) is 5.75 Å². The molecule has 0 unspecified atom stereocenters. The van der Waals surface area contributed by atoms with Gasteiger partial charge in [-0.1, -0.05) is 96.0 Å². The zero-order valence-electron chi connectivity index (χ0n) is 40.1. The van der Waals surface area contributed by atoms with Gasteiger partial charge in [-0.25, -0.2) is 0 Å². The second-order valence-corrected chi connectivity index (χ2v) is 22.3. The van der Waals surface area contributed by atoms with E-state index in [2.05, 4.69) is 33.9 Å². The molecule has 10 aromatic rings. The first-order chi connectivity index (χ1) is 36.8. The monoisotopic (exact) mass is 1170 g/mol. The van der Waals surface area contributed by atoms with E-state index in [9.17, 15) is 22.8 Å². The largest absolute Gasteiger partial charge is 0.492 e. The lowest BCUT2D eigenvalue weighted by Gasteiger charge is -2.27. The van der Waals surface area contributed by atoms with Gasteiger partial charge in [0.25, 0.3) is 11.1 Å². The Bertz CT molecular complexity index is 4240. The van der Waals surface area contributed by atoms with Gasteiger partial charge >= 0.3 is 13.6 Å². The third-order valence-corrected chi connectivity index (χ3v) is 18.2. The van der Waals surface area contributed by atoms with Crippen molar-refractivity contribution >= 4 is 104 Å². The minimum Gasteiger partial charge on any atom is -0.492 e. The lowest BCUT2D eigenvalue weighted by Crippen LogP contribution is -2.35. The van der Waals surface area contributed by atoms with Crippen molar-refractivity contribution in [1.82, 2.24) is 12.6 Å². The fraction of sp³-hybridized carbons (Fsp3) is 0.150. The number of hydrogen-bond acceptors (Lipinski definition) is 5. The van der Waals surface area contributed by atoms with E-state index in [1.54, 1.807) is 48.5 Å². The van der Waals surface area contributed by atoms with E-state index in [0.717, 1.165) is 75.5 Å².